The number of hydrogen-bond donors (Lipinski definition) is 2. The first kappa shape index (κ1) is 11.0. The normalized spacial score (nSPS) is 9.86. The van der Waals surface area contributed by atoms with E-state index in [1.165, 1.54) is 11.1 Å². The molecular formula is C10H13BrN2O. The van der Waals surface area contributed by atoms with E-state index in [4.69, 9.17) is 5.73 Å². The van der Waals surface area contributed by atoms with Gasteiger partial charge < -0.3 is 11.1 Å². The maximum atomic E-state index is 10.4. The number of carbonyl (C=O) groups excluding carboxylic acids is 1. The Morgan fingerprint density at radius 1 is 1.57 bits per heavy atom. The molecule has 3 nitrogen and oxygen atoms in total. The van der Waals surface area contributed by atoms with Crippen molar-refractivity contribution in [2.45, 2.75) is 13.3 Å². The van der Waals surface area contributed by atoms with Crippen LogP contribution in [0.2, 0.25) is 0 Å². The van der Waals surface area contributed by atoms with Gasteiger partial charge in [-0.25, -0.2) is 4.79 Å². The molecule has 14 heavy (non-hydrogen) atoms. The largest absolute Gasteiger partial charge is 0.352 e. The molecule has 76 valence electrons. The number of carbonyl (C=O) groups is 1. The summed E-state index contributed by atoms with van der Waals surface area (Å²) in [4.78, 5) is 10.4. The van der Waals surface area contributed by atoms with Gasteiger partial charge in [-0.3, -0.25) is 0 Å². The second kappa shape index (κ2) is 5.00. The van der Waals surface area contributed by atoms with Gasteiger partial charge >= 0.3 is 6.03 Å². The van der Waals surface area contributed by atoms with Gasteiger partial charge in [0.15, 0.2) is 0 Å². The summed E-state index contributed by atoms with van der Waals surface area (Å²) in [5, 5.41) is 2.56. The van der Waals surface area contributed by atoms with Gasteiger partial charge in [-0.2, -0.15) is 0 Å². The summed E-state index contributed by atoms with van der Waals surface area (Å²) < 4.78 is 1.05. The number of urea groups is 1. The maximum absolute atomic E-state index is 10.4. The fraction of sp³-hybridized carbons (Fsp3) is 0.300. The third kappa shape index (κ3) is 3.38. The van der Waals surface area contributed by atoms with Crippen molar-refractivity contribution in [2.75, 3.05) is 6.54 Å². The number of nitrogens with one attached hydrogen (secondary N) is 1. The average molecular weight is 257 g/mol. The van der Waals surface area contributed by atoms with E-state index in [0.717, 1.165) is 10.9 Å². The predicted molar refractivity (Wildman–Crippen MR) is 60.2 cm³/mol. The van der Waals surface area contributed by atoms with Crippen molar-refractivity contribution in [3.8, 4) is 0 Å². The molecule has 0 spiro atoms. The Labute approximate surface area is 91.8 Å². The first-order valence-corrected chi connectivity index (χ1v) is 5.17. The molecular weight excluding hydrogens is 244 g/mol. The highest BCUT2D eigenvalue weighted by atomic mass is 79.9. The second-order valence-electron chi connectivity index (χ2n) is 3.11. The lowest BCUT2D eigenvalue weighted by atomic mass is 10.1. The molecule has 3 N–H and O–H groups in total. The molecule has 0 radical (unpaired) electrons. The number of primary amides is 1. The molecule has 0 aliphatic carbocycles. The third-order valence-electron chi connectivity index (χ3n) is 2.00. The summed E-state index contributed by atoms with van der Waals surface area (Å²) in [5.41, 5.74) is 7.40. The fourth-order valence-corrected chi connectivity index (χ4v) is 1.64. The van der Waals surface area contributed by atoms with Crippen LogP contribution in [0.4, 0.5) is 4.79 Å². The van der Waals surface area contributed by atoms with Gasteiger partial charge in [-0.1, -0.05) is 22.0 Å². The van der Waals surface area contributed by atoms with Crippen LogP contribution in [0.25, 0.3) is 0 Å². The van der Waals surface area contributed by atoms with Crippen LogP contribution >= 0.6 is 15.9 Å². The van der Waals surface area contributed by atoms with E-state index in [9.17, 15) is 4.79 Å². The lowest BCUT2D eigenvalue weighted by Gasteiger charge is -2.06. The van der Waals surface area contributed by atoms with Crippen LogP contribution in [0.1, 0.15) is 11.1 Å². The smallest absolute Gasteiger partial charge is 0.312 e. The van der Waals surface area contributed by atoms with Crippen molar-refractivity contribution in [3.63, 3.8) is 0 Å². The summed E-state index contributed by atoms with van der Waals surface area (Å²) in [6.07, 6.45) is 0.800. The Morgan fingerprint density at radius 2 is 2.29 bits per heavy atom. The van der Waals surface area contributed by atoms with Gasteiger partial charge in [0.2, 0.25) is 0 Å². The molecule has 0 aliphatic heterocycles. The Kier molecular flexibility index (Phi) is 3.95. The summed E-state index contributed by atoms with van der Waals surface area (Å²) >= 11 is 3.41. The van der Waals surface area contributed by atoms with E-state index in [1.807, 2.05) is 19.1 Å². The van der Waals surface area contributed by atoms with Crippen LogP contribution in [-0.4, -0.2) is 12.6 Å². The zero-order valence-electron chi connectivity index (χ0n) is 8.01. The Balaban J connectivity index is 2.57. The third-order valence-corrected chi connectivity index (χ3v) is 2.50. The van der Waals surface area contributed by atoms with E-state index in [0.29, 0.717) is 6.54 Å². The minimum atomic E-state index is -0.474. The van der Waals surface area contributed by atoms with Crippen LogP contribution < -0.4 is 11.1 Å². The molecule has 0 heterocycles. The topological polar surface area (TPSA) is 55.1 Å². The number of hydrogen-bond acceptors (Lipinski definition) is 1. The van der Waals surface area contributed by atoms with Crippen LogP contribution in [0.15, 0.2) is 22.7 Å². The van der Waals surface area contributed by atoms with Crippen LogP contribution in [0.5, 0.6) is 0 Å². The van der Waals surface area contributed by atoms with Crippen LogP contribution in [-0.2, 0) is 6.42 Å². The lowest BCUT2D eigenvalue weighted by Crippen LogP contribution is -2.31. The van der Waals surface area contributed by atoms with Gasteiger partial charge in [0.05, 0.1) is 0 Å². The molecule has 4 heteroatoms. The molecule has 0 unspecified atom stereocenters. The molecule has 2 amide bonds. The zero-order valence-corrected chi connectivity index (χ0v) is 9.60. The molecule has 0 fully saturated rings. The van der Waals surface area contributed by atoms with Crippen molar-refractivity contribution in [1.29, 1.82) is 0 Å². The van der Waals surface area contributed by atoms with Gasteiger partial charge in [-0.05, 0) is 36.6 Å². The van der Waals surface area contributed by atoms with Crippen molar-refractivity contribution in [3.05, 3.63) is 33.8 Å². The predicted octanol–water partition coefficient (Wildman–Crippen LogP) is 1.97. The minimum absolute atomic E-state index is 0.474. The molecule has 1 rings (SSSR count). The first-order chi connectivity index (χ1) is 6.59. The highest BCUT2D eigenvalue weighted by Gasteiger charge is 1.99. The molecule has 0 aromatic heterocycles. The fourth-order valence-electron chi connectivity index (χ4n) is 1.23. The molecule has 1 aromatic carbocycles. The van der Waals surface area contributed by atoms with Crippen LogP contribution in [0.3, 0.4) is 0 Å². The molecule has 0 bridgehead atoms. The van der Waals surface area contributed by atoms with E-state index >= 15 is 0 Å². The van der Waals surface area contributed by atoms with E-state index < -0.39 is 6.03 Å². The van der Waals surface area contributed by atoms with Crippen molar-refractivity contribution in [1.82, 2.24) is 5.32 Å². The van der Waals surface area contributed by atoms with Gasteiger partial charge in [0.1, 0.15) is 0 Å². The average Bonchev–Trinajstić information content (AvgIpc) is 2.10. The standard InChI is InChI=1S/C10H13BrN2O/c1-7-2-3-9(11)6-8(7)4-5-13-10(12)14/h2-3,6H,4-5H2,1H3,(H3,12,13,14). The monoisotopic (exact) mass is 256 g/mol. The van der Waals surface area contributed by atoms with Gasteiger partial charge in [0, 0.05) is 11.0 Å². The second-order valence-corrected chi connectivity index (χ2v) is 4.03. The molecule has 0 saturated carbocycles. The minimum Gasteiger partial charge on any atom is -0.352 e. The summed E-state index contributed by atoms with van der Waals surface area (Å²) in [7, 11) is 0. The number of rotatable bonds is 3. The summed E-state index contributed by atoms with van der Waals surface area (Å²) in [6.45, 7) is 2.62. The van der Waals surface area contributed by atoms with Crippen LogP contribution in [0, 0.1) is 6.92 Å². The summed E-state index contributed by atoms with van der Waals surface area (Å²) in [5.74, 6) is 0. The van der Waals surface area contributed by atoms with Crippen molar-refractivity contribution >= 4 is 22.0 Å². The highest BCUT2D eigenvalue weighted by Crippen LogP contribution is 2.16. The zero-order chi connectivity index (χ0) is 10.6. The highest BCUT2D eigenvalue weighted by molar-refractivity contribution is 9.10. The molecule has 0 aliphatic rings. The van der Waals surface area contributed by atoms with Gasteiger partial charge in [0.25, 0.3) is 0 Å². The van der Waals surface area contributed by atoms with E-state index in [1.54, 1.807) is 0 Å². The lowest BCUT2D eigenvalue weighted by molar-refractivity contribution is 0.249. The van der Waals surface area contributed by atoms with Gasteiger partial charge in [-0.15, -0.1) is 0 Å². The number of nitrogens with two attached hydrogens (primary N) is 1. The van der Waals surface area contributed by atoms with E-state index in [2.05, 4.69) is 27.3 Å². The maximum Gasteiger partial charge on any atom is 0.312 e. The number of aryl methyl sites for hydroxylation is 1. The first-order valence-electron chi connectivity index (χ1n) is 4.38. The Hall–Kier alpha value is -1.03. The SMILES string of the molecule is Cc1ccc(Br)cc1CCNC(N)=O. The van der Waals surface area contributed by atoms with Crippen molar-refractivity contribution in [2.24, 2.45) is 5.73 Å². The molecule has 1 aromatic rings. The Bertz CT molecular complexity index is 339. The number of benzene rings is 1. The molecule has 0 saturated heterocycles. The summed E-state index contributed by atoms with van der Waals surface area (Å²) in [6, 6.07) is 5.62. The quantitative estimate of drug-likeness (QED) is 0.854. The Morgan fingerprint density at radius 3 is 2.93 bits per heavy atom. The number of amides is 2. The van der Waals surface area contributed by atoms with Crippen molar-refractivity contribution < 1.29 is 4.79 Å². The molecule has 0 atom stereocenters. The van der Waals surface area contributed by atoms with E-state index in [-0.39, 0.29) is 0 Å². The number of halogens is 1.